The highest BCUT2D eigenvalue weighted by atomic mass is 14.6. The summed E-state index contributed by atoms with van der Waals surface area (Å²) >= 11 is 0. The highest BCUT2D eigenvalue weighted by Crippen LogP contribution is 2.67. The molecule has 0 aromatic heterocycles. The summed E-state index contributed by atoms with van der Waals surface area (Å²) in [4.78, 5) is 0. The van der Waals surface area contributed by atoms with Crippen molar-refractivity contribution in [3.8, 4) is 0 Å². The van der Waals surface area contributed by atoms with Crippen molar-refractivity contribution in [3.05, 3.63) is 81.4 Å². The molecular weight excluding hydrogens is 300 g/mol. The lowest BCUT2D eigenvalue weighted by molar-refractivity contribution is 0.328. The summed E-state index contributed by atoms with van der Waals surface area (Å²) in [5.41, 5.74) is 12.6. The summed E-state index contributed by atoms with van der Waals surface area (Å²) in [6.45, 7) is 12.1. The third-order valence-corrected chi connectivity index (χ3v) is 7.11. The molecule has 0 N–H and O–H groups in total. The fourth-order valence-corrected chi connectivity index (χ4v) is 5.82. The number of fused-ring (bicyclic) bond motifs is 5. The molecule has 0 spiro atoms. The first kappa shape index (κ1) is 15.2. The Morgan fingerprint density at radius 1 is 0.920 bits per heavy atom. The molecule has 25 heavy (non-hydrogen) atoms. The van der Waals surface area contributed by atoms with Gasteiger partial charge >= 0.3 is 0 Å². The molecule has 3 aliphatic carbocycles. The van der Waals surface area contributed by atoms with Gasteiger partial charge in [0.15, 0.2) is 0 Å². The van der Waals surface area contributed by atoms with Gasteiger partial charge in [-0.05, 0) is 52.1 Å². The SMILES string of the molecule is Cc1cccc2c1CC1=C2C(C)(C)C2=Cc3ccccc3C2C1(C)C. The molecule has 1 unspecified atom stereocenters. The standard InChI is InChI=1S/C25H26/c1-15-9-8-12-18-19(15)14-21-23(18)24(2,3)20-13-16-10-6-7-11-17(16)22(20)25(21,4)5/h6-13,22H,14H2,1-5H3. The Morgan fingerprint density at radius 3 is 2.48 bits per heavy atom. The number of rotatable bonds is 0. The summed E-state index contributed by atoms with van der Waals surface area (Å²) in [5, 5.41) is 0. The molecule has 0 nitrogen and oxygen atoms in total. The van der Waals surface area contributed by atoms with Crippen LogP contribution >= 0.6 is 0 Å². The van der Waals surface area contributed by atoms with Crippen molar-refractivity contribution in [2.75, 3.05) is 0 Å². The number of allylic oxidation sites excluding steroid dienone is 3. The first-order chi connectivity index (χ1) is 11.8. The van der Waals surface area contributed by atoms with E-state index in [9.17, 15) is 0 Å². The molecule has 3 aliphatic rings. The van der Waals surface area contributed by atoms with Gasteiger partial charge in [0.25, 0.3) is 0 Å². The Hall–Kier alpha value is -2.08. The topological polar surface area (TPSA) is 0 Å². The third kappa shape index (κ3) is 1.73. The summed E-state index contributed by atoms with van der Waals surface area (Å²) < 4.78 is 0. The van der Waals surface area contributed by atoms with Gasteiger partial charge in [-0.1, -0.05) is 87.4 Å². The zero-order valence-corrected chi connectivity index (χ0v) is 15.9. The maximum atomic E-state index is 2.49. The van der Waals surface area contributed by atoms with E-state index in [1.54, 1.807) is 22.3 Å². The Bertz CT molecular complexity index is 979. The quantitative estimate of drug-likeness (QED) is 0.515. The van der Waals surface area contributed by atoms with Crippen LogP contribution in [0.4, 0.5) is 0 Å². The van der Waals surface area contributed by atoms with Gasteiger partial charge < -0.3 is 0 Å². The van der Waals surface area contributed by atoms with E-state index in [4.69, 9.17) is 0 Å². The lowest BCUT2D eigenvalue weighted by atomic mass is 9.55. The lowest BCUT2D eigenvalue weighted by Gasteiger charge is -2.48. The van der Waals surface area contributed by atoms with Crippen molar-refractivity contribution >= 4 is 11.6 Å². The maximum absolute atomic E-state index is 2.49. The van der Waals surface area contributed by atoms with Crippen LogP contribution in [0.3, 0.4) is 0 Å². The molecule has 0 heterocycles. The minimum absolute atomic E-state index is 0.0909. The van der Waals surface area contributed by atoms with Crippen LogP contribution in [0.1, 0.15) is 61.4 Å². The van der Waals surface area contributed by atoms with Crippen molar-refractivity contribution < 1.29 is 0 Å². The fraction of sp³-hybridized carbons (Fsp3) is 0.360. The van der Waals surface area contributed by atoms with E-state index >= 15 is 0 Å². The largest absolute Gasteiger partial charge is 0.0619 e. The van der Waals surface area contributed by atoms with E-state index in [-0.39, 0.29) is 10.8 Å². The Balaban J connectivity index is 1.81. The highest BCUT2D eigenvalue weighted by Gasteiger charge is 2.53. The predicted molar refractivity (Wildman–Crippen MR) is 107 cm³/mol. The Kier molecular flexibility index (Phi) is 2.77. The smallest absolute Gasteiger partial charge is 0.0155 e. The van der Waals surface area contributed by atoms with Crippen molar-refractivity contribution in [1.29, 1.82) is 0 Å². The van der Waals surface area contributed by atoms with Crippen LogP contribution < -0.4 is 0 Å². The van der Waals surface area contributed by atoms with Gasteiger partial charge in [0, 0.05) is 11.3 Å². The van der Waals surface area contributed by atoms with Gasteiger partial charge in [0.05, 0.1) is 0 Å². The minimum atomic E-state index is 0.0909. The van der Waals surface area contributed by atoms with Gasteiger partial charge in [-0.3, -0.25) is 0 Å². The van der Waals surface area contributed by atoms with Gasteiger partial charge in [-0.15, -0.1) is 0 Å². The van der Waals surface area contributed by atoms with Gasteiger partial charge in [-0.25, -0.2) is 0 Å². The second-order valence-electron chi connectivity index (χ2n) is 9.14. The third-order valence-electron chi connectivity index (χ3n) is 7.11. The minimum Gasteiger partial charge on any atom is -0.0619 e. The average Bonchev–Trinajstić information content (AvgIpc) is 3.15. The predicted octanol–water partition coefficient (Wildman–Crippen LogP) is 6.55. The number of aryl methyl sites for hydroxylation is 1. The second-order valence-corrected chi connectivity index (χ2v) is 9.14. The van der Waals surface area contributed by atoms with Gasteiger partial charge in [0.2, 0.25) is 0 Å². The Morgan fingerprint density at radius 2 is 1.68 bits per heavy atom. The molecular formula is C25H26. The van der Waals surface area contributed by atoms with E-state index < -0.39 is 0 Å². The van der Waals surface area contributed by atoms with Crippen molar-refractivity contribution in [2.24, 2.45) is 10.8 Å². The zero-order valence-electron chi connectivity index (χ0n) is 15.9. The van der Waals surface area contributed by atoms with Gasteiger partial charge in [0.1, 0.15) is 0 Å². The molecule has 2 aromatic carbocycles. The second kappa shape index (κ2) is 4.55. The van der Waals surface area contributed by atoms with E-state index in [1.165, 1.54) is 22.3 Å². The summed E-state index contributed by atoms with van der Waals surface area (Å²) in [6, 6.07) is 15.9. The summed E-state index contributed by atoms with van der Waals surface area (Å²) in [7, 11) is 0. The first-order valence-electron chi connectivity index (χ1n) is 9.47. The maximum Gasteiger partial charge on any atom is 0.0155 e. The van der Waals surface area contributed by atoms with E-state index in [0.717, 1.165) is 6.42 Å². The molecule has 0 heteroatoms. The molecule has 0 bridgehead atoms. The summed E-state index contributed by atoms with van der Waals surface area (Å²) in [5.74, 6) is 0.507. The molecule has 126 valence electrons. The van der Waals surface area contributed by atoms with Crippen molar-refractivity contribution in [2.45, 2.75) is 47.0 Å². The first-order valence-corrected chi connectivity index (χ1v) is 9.47. The highest BCUT2D eigenvalue weighted by molar-refractivity contribution is 5.89. The van der Waals surface area contributed by atoms with Crippen LogP contribution in [-0.2, 0) is 6.42 Å². The van der Waals surface area contributed by atoms with Crippen LogP contribution in [0.2, 0.25) is 0 Å². The molecule has 0 amide bonds. The monoisotopic (exact) mass is 326 g/mol. The molecule has 2 aromatic rings. The molecule has 1 atom stereocenters. The van der Waals surface area contributed by atoms with E-state index in [2.05, 4.69) is 83.2 Å². The van der Waals surface area contributed by atoms with Crippen LogP contribution in [0.15, 0.2) is 53.6 Å². The molecule has 0 radical (unpaired) electrons. The number of hydrogen-bond acceptors (Lipinski definition) is 0. The van der Waals surface area contributed by atoms with E-state index in [1.807, 2.05) is 0 Å². The van der Waals surface area contributed by atoms with Crippen LogP contribution in [0, 0.1) is 17.8 Å². The van der Waals surface area contributed by atoms with Gasteiger partial charge in [-0.2, -0.15) is 0 Å². The normalized spacial score (nSPS) is 24.4. The molecule has 5 rings (SSSR count). The van der Waals surface area contributed by atoms with E-state index in [0.29, 0.717) is 5.92 Å². The molecule has 0 fully saturated rings. The zero-order chi connectivity index (χ0) is 17.6. The Labute approximate surface area is 151 Å². The summed E-state index contributed by atoms with van der Waals surface area (Å²) in [6.07, 6.45) is 3.61. The van der Waals surface area contributed by atoms with Crippen molar-refractivity contribution in [3.63, 3.8) is 0 Å². The number of hydrogen-bond donors (Lipinski definition) is 0. The molecule has 0 saturated heterocycles. The molecule has 0 aliphatic heterocycles. The number of benzene rings is 2. The van der Waals surface area contributed by atoms with Crippen LogP contribution in [0.5, 0.6) is 0 Å². The lowest BCUT2D eigenvalue weighted by Crippen LogP contribution is -2.36. The fourth-order valence-electron chi connectivity index (χ4n) is 5.82. The molecule has 0 saturated carbocycles. The van der Waals surface area contributed by atoms with Crippen LogP contribution in [0.25, 0.3) is 11.6 Å². The van der Waals surface area contributed by atoms with Crippen LogP contribution in [-0.4, -0.2) is 0 Å². The average molecular weight is 326 g/mol. The van der Waals surface area contributed by atoms with Crippen molar-refractivity contribution in [1.82, 2.24) is 0 Å².